The van der Waals surface area contributed by atoms with E-state index in [1.807, 2.05) is 18.2 Å². The van der Waals surface area contributed by atoms with Crippen molar-refractivity contribution in [2.24, 2.45) is 11.7 Å². The van der Waals surface area contributed by atoms with Crippen molar-refractivity contribution in [2.75, 3.05) is 0 Å². The Morgan fingerprint density at radius 2 is 1.92 bits per heavy atom. The summed E-state index contributed by atoms with van der Waals surface area (Å²) in [6.45, 7) is 4.11. The molecule has 2 heteroatoms. The highest BCUT2D eigenvalue weighted by molar-refractivity contribution is 5.39. The first-order valence-electron chi connectivity index (χ1n) is 4.41. The van der Waals surface area contributed by atoms with Gasteiger partial charge in [0.05, 0.1) is 11.6 Å². The summed E-state index contributed by atoms with van der Waals surface area (Å²) in [7, 11) is 0. The molecule has 2 nitrogen and oxygen atoms in total. The third-order valence-corrected chi connectivity index (χ3v) is 2.16. The Balaban J connectivity index is 3.07. The molecule has 0 bridgehead atoms. The largest absolute Gasteiger partial charge is 0.324 e. The van der Waals surface area contributed by atoms with Gasteiger partial charge in [-0.3, -0.25) is 0 Å². The molecule has 0 saturated heterocycles. The highest BCUT2D eigenvalue weighted by Gasteiger charge is 2.13. The molecule has 13 heavy (non-hydrogen) atoms. The van der Waals surface area contributed by atoms with Crippen LogP contribution in [0, 0.1) is 17.2 Å². The number of hydrogen-bond acceptors (Lipinski definition) is 2. The lowest BCUT2D eigenvalue weighted by atomic mass is 9.93. The van der Waals surface area contributed by atoms with Crippen LogP contribution in [0.15, 0.2) is 24.3 Å². The second-order valence-electron chi connectivity index (χ2n) is 3.47. The molecule has 1 aromatic rings. The Morgan fingerprint density at radius 3 is 2.46 bits per heavy atom. The van der Waals surface area contributed by atoms with Crippen LogP contribution in [0.2, 0.25) is 0 Å². The van der Waals surface area contributed by atoms with E-state index in [1.54, 1.807) is 6.07 Å². The zero-order chi connectivity index (χ0) is 9.84. The molecule has 0 aliphatic heterocycles. The third kappa shape index (κ3) is 2.07. The summed E-state index contributed by atoms with van der Waals surface area (Å²) in [5, 5.41) is 8.84. The summed E-state index contributed by atoms with van der Waals surface area (Å²) in [6, 6.07) is 9.60. The van der Waals surface area contributed by atoms with Crippen LogP contribution in [-0.4, -0.2) is 0 Å². The summed E-state index contributed by atoms with van der Waals surface area (Å²) >= 11 is 0. The number of hydrogen-bond donors (Lipinski definition) is 1. The van der Waals surface area contributed by atoms with Gasteiger partial charge in [0.1, 0.15) is 0 Å². The molecule has 1 aromatic carbocycles. The van der Waals surface area contributed by atoms with Crippen molar-refractivity contribution in [1.82, 2.24) is 0 Å². The number of nitriles is 1. The summed E-state index contributed by atoms with van der Waals surface area (Å²) in [5.74, 6) is 0.356. The molecular formula is C11H14N2. The van der Waals surface area contributed by atoms with Crippen LogP contribution in [0.4, 0.5) is 0 Å². The Morgan fingerprint density at radius 1 is 1.31 bits per heavy atom. The van der Waals surface area contributed by atoms with Crippen LogP contribution in [0.1, 0.15) is 31.0 Å². The van der Waals surface area contributed by atoms with Crippen LogP contribution in [-0.2, 0) is 0 Å². The van der Waals surface area contributed by atoms with Crippen LogP contribution >= 0.6 is 0 Å². The monoisotopic (exact) mass is 174 g/mol. The Hall–Kier alpha value is -1.33. The van der Waals surface area contributed by atoms with Crippen molar-refractivity contribution in [1.29, 1.82) is 5.26 Å². The van der Waals surface area contributed by atoms with Crippen LogP contribution in [0.3, 0.4) is 0 Å². The molecule has 0 heterocycles. The molecular weight excluding hydrogens is 160 g/mol. The van der Waals surface area contributed by atoms with Crippen molar-refractivity contribution < 1.29 is 0 Å². The van der Waals surface area contributed by atoms with Crippen molar-refractivity contribution in [3.8, 4) is 6.07 Å². The molecule has 0 saturated carbocycles. The number of nitrogens with two attached hydrogens (primary N) is 1. The van der Waals surface area contributed by atoms with Gasteiger partial charge in [0.15, 0.2) is 0 Å². The van der Waals surface area contributed by atoms with Crippen molar-refractivity contribution in [3.63, 3.8) is 0 Å². The van der Waals surface area contributed by atoms with E-state index < -0.39 is 0 Å². The summed E-state index contributed by atoms with van der Waals surface area (Å²) in [4.78, 5) is 0. The molecule has 2 N–H and O–H groups in total. The van der Waals surface area contributed by atoms with E-state index in [9.17, 15) is 0 Å². The SMILES string of the molecule is CC(C)[C@H](N)c1ccccc1C#N. The Kier molecular flexibility index (Phi) is 3.05. The number of rotatable bonds is 2. The molecule has 0 aliphatic carbocycles. The van der Waals surface area contributed by atoms with Crippen LogP contribution < -0.4 is 5.73 Å². The smallest absolute Gasteiger partial charge is 0.0995 e. The second kappa shape index (κ2) is 4.06. The normalized spacial score (nSPS) is 12.5. The molecule has 0 spiro atoms. The van der Waals surface area contributed by atoms with Crippen molar-refractivity contribution in [3.05, 3.63) is 35.4 Å². The lowest BCUT2D eigenvalue weighted by Gasteiger charge is -2.16. The van der Waals surface area contributed by atoms with Gasteiger partial charge in [0, 0.05) is 6.04 Å². The maximum atomic E-state index is 8.84. The third-order valence-electron chi connectivity index (χ3n) is 2.16. The predicted octanol–water partition coefficient (Wildman–Crippen LogP) is 2.21. The van der Waals surface area contributed by atoms with Gasteiger partial charge < -0.3 is 5.73 Å². The highest BCUT2D eigenvalue weighted by atomic mass is 14.6. The van der Waals surface area contributed by atoms with E-state index in [4.69, 9.17) is 11.0 Å². The molecule has 0 unspecified atom stereocenters. The first-order valence-corrected chi connectivity index (χ1v) is 4.41. The quantitative estimate of drug-likeness (QED) is 0.747. The van der Waals surface area contributed by atoms with E-state index in [0.29, 0.717) is 11.5 Å². The molecule has 0 fully saturated rings. The van der Waals surface area contributed by atoms with E-state index >= 15 is 0 Å². The van der Waals surface area contributed by atoms with E-state index in [-0.39, 0.29) is 6.04 Å². The topological polar surface area (TPSA) is 49.8 Å². The summed E-state index contributed by atoms with van der Waals surface area (Å²) < 4.78 is 0. The summed E-state index contributed by atoms with van der Waals surface area (Å²) in [5.41, 5.74) is 7.59. The van der Waals surface area contributed by atoms with Crippen molar-refractivity contribution >= 4 is 0 Å². The van der Waals surface area contributed by atoms with Gasteiger partial charge in [-0.2, -0.15) is 5.26 Å². The average molecular weight is 174 g/mol. The zero-order valence-corrected chi connectivity index (χ0v) is 7.99. The van der Waals surface area contributed by atoms with Crippen LogP contribution in [0.25, 0.3) is 0 Å². The molecule has 0 aliphatic rings. The molecule has 1 atom stereocenters. The van der Waals surface area contributed by atoms with Crippen LogP contribution in [0.5, 0.6) is 0 Å². The first kappa shape index (κ1) is 9.76. The molecule has 1 rings (SSSR count). The molecule has 0 amide bonds. The Labute approximate surface area is 79.0 Å². The van der Waals surface area contributed by atoms with E-state index in [2.05, 4.69) is 19.9 Å². The maximum absolute atomic E-state index is 8.84. The maximum Gasteiger partial charge on any atom is 0.0995 e. The molecule has 0 aromatic heterocycles. The highest BCUT2D eigenvalue weighted by Crippen LogP contribution is 2.21. The standard InChI is InChI=1S/C11H14N2/c1-8(2)11(13)10-6-4-3-5-9(10)7-12/h3-6,8,11H,13H2,1-2H3/t11-/m0/s1. The van der Waals surface area contributed by atoms with Gasteiger partial charge in [-0.1, -0.05) is 32.0 Å². The average Bonchev–Trinajstić information content (AvgIpc) is 2.16. The second-order valence-corrected chi connectivity index (χ2v) is 3.47. The number of benzene rings is 1. The minimum Gasteiger partial charge on any atom is -0.324 e. The van der Waals surface area contributed by atoms with Gasteiger partial charge in [0.25, 0.3) is 0 Å². The van der Waals surface area contributed by atoms with E-state index in [0.717, 1.165) is 5.56 Å². The fourth-order valence-corrected chi connectivity index (χ4v) is 1.25. The van der Waals surface area contributed by atoms with E-state index in [1.165, 1.54) is 0 Å². The minimum atomic E-state index is -0.0455. The van der Waals surface area contributed by atoms with Gasteiger partial charge >= 0.3 is 0 Å². The van der Waals surface area contributed by atoms with Crippen molar-refractivity contribution in [2.45, 2.75) is 19.9 Å². The fourth-order valence-electron chi connectivity index (χ4n) is 1.25. The Bertz CT molecular complexity index is 323. The lowest BCUT2D eigenvalue weighted by molar-refractivity contribution is 0.513. The van der Waals surface area contributed by atoms with Gasteiger partial charge in [-0.15, -0.1) is 0 Å². The summed E-state index contributed by atoms with van der Waals surface area (Å²) in [6.07, 6.45) is 0. The fraction of sp³-hybridized carbons (Fsp3) is 0.364. The van der Waals surface area contributed by atoms with Gasteiger partial charge in [-0.25, -0.2) is 0 Å². The molecule has 0 radical (unpaired) electrons. The zero-order valence-electron chi connectivity index (χ0n) is 7.99. The van der Waals surface area contributed by atoms with Gasteiger partial charge in [0.2, 0.25) is 0 Å². The first-order chi connectivity index (χ1) is 6.16. The minimum absolute atomic E-state index is 0.0455. The molecule has 68 valence electrons. The predicted molar refractivity (Wildman–Crippen MR) is 52.9 cm³/mol. The number of nitrogens with zero attached hydrogens (tertiary/aromatic N) is 1. The lowest BCUT2D eigenvalue weighted by Crippen LogP contribution is -2.17. The van der Waals surface area contributed by atoms with Gasteiger partial charge in [-0.05, 0) is 17.5 Å².